The van der Waals surface area contributed by atoms with Gasteiger partial charge in [-0.15, -0.1) is 0 Å². The predicted octanol–water partition coefficient (Wildman–Crippen LogP) is 1.57. The lowest BCUT2D eigenvalue weighted by Gasteiger charge is -2.30. The molecule has 4 heteroatoms. The summed E-state index contributed by atoms with van der Waals surface area (Å²) in [5.41, 5.74) is 1.00. The topological polar surface area (TPSA) is 46.3 Å². The van der Waals surface area contributed by atoms with Crippen LogP contribution in [0.5, 0.6) is 0 Å². The van der Waals surface area contributed by atoms with Crippen LogP contribution < -0.4 is 0 Å². The van der Waals surface area contributed by atoms with Crippen LogP contribution in [0.3, 0.4) is 0 Å². The van der Waals surface area contributed by atoms with Gasteiger partial charge in [-0.25, -0.2) is 0 Å². The lowest BCUT2D eigenvalue weighted by molar-refractivity contribution is -0.127. The molecule has 0 aromatic carbocycles. The maximum atomic E-state index is 11.3. The van der Waals surface area contributed by atoms with E-state index in [0.717, 1.165) is 31.6 Å². The van der Waals surface area contributed by atoms with Gasteiger partial charge in [-0.3, -0.25) is 4.79 Å². The van der Waals surface area contributed by atoms with Crippen molar-refractivity contribution in [1.29, 1.82) is 0 Å². The normalized spacial score (nSPS) is 17.7. The first-order valence-corrected chi connectivity index (χ1v) is 5.13. The number of piperidine rings is 1. The van der Waals surface area contributed by atoms with Crippen molar-refractivity contribution in [2.75, 3.05) is 13.1 Å². The molecule has 1 aromatic heterocycles. The first-order chi connectivity index (χ1) is 7.31. The zero-order valence-corrected chi connectivity index (χ0v) is 8.56. The maximum Gasteiger partial charge on any atom is 0.245 e. The van der Waals surface area contributed by atoms with Gasteiger partial charge in [0.1, 0.15) is 6.26 Å². The van der Waals surface area contributed by atoms with Crippen molar-refractivity contribution in [2.24, 2.45) is 0 Å². The Morgan fingerprint density at radius 2 is 2.33 bits per heavy atom. The van der Waals surface area contributed by atoms with Crippen molar-refractivity contribution in [1.82, 2.24) is 10.1 Å². The fourth-order valence-corrected chi connectivity index (χ4v) is 1.96. The Morgan fingerprint density at radius 1 is 1.60 bits per heavy atom. The highest BCUT2D eigenvalue weighted by Gasteiger charge is 2.23. The lowest BCUT2D eigenvalue weighted by Crippen LogP contribution is -2.36. The molecule has 0 unspecified atom stereocenters. The molecule has 15 heavy (non-hydrogen) atoms. The van der Waals surface area contributed by atoms with Gasteiger partial charge in [-0.05, 0) is 18.9 Å². The van der Waals surface area contributed by atoms with Crippen LogP contribution >= 0.6 is 0 Å². The number of hydrogen-bond donors (Lipinski definition) is 0. The van der Waals surface area contributed by atoms with Crippen LogP contribution in [0.1, 0.15) is 24.5 Å². The summed E-state index contributed by atoms with van der Waals surface area (Å²) in [6.07, 6.45) is 4.87. The van der Waals surface area contributed by atoms with Crippen LogP contribution in [0.2, 0.25) is 0 Å². The van der Waals surface area contributed by atoms with Crippen molar-refractivity contribution in [2.45, 2.75) is 18.8 Å². The van der Waals surface area contributed by atoms with E-state index in [9.17, 15) is 4.79 Å². The molecule has 0 aliphatic carbocycles. The number of nitrogens with zero attached hydrogens (tertiary/aromatic N) is 2. The Bertz CT molecular complexity index is 337. The molecule has 0 radical (unpaired) electrons. The van der Waals surface area contributed by atoms with Gasteiger partial charge < -0.3 is 9.42 Å². The van der Waals surface area contributed by atoms with Gasteiger partial charge >= 0.3 is 0 Å². The largest absolute Gasteiger partial charge is 0.365 e. The number of carbonyl (C=O) groups excluding carboxylic acids is 1. The highest BCUT2D eigenvalue weighted by Crippen LogP contribution is 2.26. The molecule has 2 heterocycles. The highest BCUT2D eigenvalue weighted by atomic mass is 16.5. The Hall–Kier alpha value is -1.58. The van der Waals surface area contributed by atoms with Crippen molar-refractivity contribution >= 4 is 5.91 Å². The van der Waals surface area contributed by atoms with Gasteiger partial charge in [0.05, 0.1) is 5.69 Å². The van der Waals surface area contributed by atoms with Gasteiger partial charge in [0.2, 0.25) is 5.91 Å². The van der Waals surface area contributed by atoms with E-state index in [4.69, 9.17) is 4.52 Å². The standard InChI is InChI=1S/C11H14N2O2/c1-2-11(14)13-6-3-9(4-7-13)10-5-8-15-12-10/h2,5,8-9H,1,3-4,6-7H2. The van der Waals surface area contributed by atoms with E-state index in [1.54, 1.807) is 6.26 Å². The summed E-state index contributed by atoms with van der Waals surface area (Å²) in [6, 6.07) is 1.90. The molecule has 1 aromatic rings. The molecule has 1 amide bonds. The average molecular weight is 206 g/mol. The van der Waals surface area contributed by atoms with Gasteiger partial charge in [0, 0.05) is 25.1 Å². The SMILES string of the molecule is C=CC(=O)N1CCC(c2ccon2)CC1. The van der Waals surface area contributed by atoms with E-state index in [2.05, 4.69) is 11.7 Å². The van der Waals surface area contributed by atoms with Crippen LogP contribution in [0.25, 0.3) is 0 Å². The number of rotatable bonds is 2. The minimum absolute atomic E-state index is 0.0219. The zero-order chi connectivity index (χ0) is 10.7. The van der Waals surface area contributed by atoms with Crippen molar-refractivity contribution in [3.05, 3.63) is 30.7 Å². The summed E-state index contributed by atoms with van der Waals surface area (Å²) >= 11 is 0. The average Bonchev–Trinajstić information content (AvgIpc) is 2.82. The molecule has 0 saturated carbocycles. The molecule has 0 N–H and O–H groups in total. The second-order valence-corrected chi connectivity index (χ2v) is 3.73. The van der Waals surface area contributed by atoms with Crippen LogP contribution in [0.4, 0.5) is 0 Å². The molecule has 2 rings (SSSR count). The monoisotopic (exact) mass is 206 g/mol. The van der Waals surface area contributed by atoms with Crippen LogP contribution in [0, 0.1) is 0 Å². The number of aromatic nitrogens is 1. The molecule has 4 nitrogen and oxygen atoms in total. The third kappa shape index (κ3) is 2.09. The summed E-state index contributed by atoms with van der Waals surface area (Å²) in [6.45, 7) is 5.05. The van der Waals surface area contributed by atoms with Gasteiger partial charge in [-0.1, -0.05) is 11.7 Å². The van der Waals surface area contributed by atoms with Gasteiger partial charge in [0.25, 0.3) is 0 Å². The van der Waals surface area contributed by atoms with Gasteiger partial charge in [-0.2, -0.15) is 0 Å². The second-order valence-electron chi connectivity index (χ2n) is 3.73. The highest BCUT2D eigenvalue weighted by molar-refractivity contribution is 5.87. The Labute approximate surface area is 88.5 Å². The Kier molecular flexibility index (Phi) is 2.85. The van der Waals surface area contributed by atoms with Crippen molar-refractivity contribution in [3.8, 4) is 0 Å². The van der Waals surface area contributed by atoms with Crippen LogP contribution in [0.15, 0.2) is 29.5 Å². The predicted molar refractivity (Wildman–Crippen MR) is 55.3 cm³/mol. The first kappa shape index (κ1) is 9.96. The zero-order valence-electron chi connectivity index (χ0n) is 8.56. The summed E-state index contributed by atoms with van der Waals surface area (Å²) in [5.74, 6) is 0.450. The summed E-state index contributed by atoms with van der Waals surface area (Å²) in [5, 5.41) is 3.93. The number of amides is 1. The number of likely N-dealkylation sites (tertiary alicyclic amines) is 1. The minimum Gasteiger partial charge on any atom is -0.365 e. The molecule has 1 fully saturated rings. The minimum atomic E-state index is 0.0219. The fraction of sp³-hybridized carbons (Fsp3) is 0.455. The molecule has 0 bridgehead atoms. The quantitative estimate of drug-likeness (QED) is 0.690. The van der Waals surface area contributed by atoms with E-state index in [0.29, 0.717) is 5.92 Å². The number of hydrogen-bond acceptors (Lipinski definition) is 3. The van der Waals surface area contributed by atoms with E-state index < -0.39 is 0 Å². The second kappa shape index (κ2) is 4.29. The molecule has 0 atom stereocenters. The molecular formula is C11H14N2O2. The number of carbonyl (C=O) groups is 1. The molecule has 0 spiro atoms. The Balaban J connectivity index is 1.92. The molecule has 1 aliphatic heterocycles. The molecular weight excluding hydrogens is 192 g/mol. The van der Waals surface area contributed by atoms with Gasteiger partial charge in [0.15, 0.2) is 0 Å². The molecule has 80 valence electrons. The smallest absolute Gasteiger partial charge is 0.245 e. The molecule has 1 saturated heterocycles. The van der Waals surface area contributed by atoms with Crippen LogP contribution in [-0.2, 0) is 4.79 Å². The fourth-order valence-electron chi connectivity index (χ4n) is 1.96. The first-order valence-electron chi connectivity index (χ1n) is 5.13. The third-order valence-corrected chi connectivity index (χ3v) is 2.86. The molecule has 1 aliphatic rings. The van der Waals surface area contributed by atoms with E-state index in [1.807, 2.05) is 11.0 Å². The van der Waals surface area contributed by atoms with Crippen molar-refractivity contribution in [3.63, 3.8) is 0 Å². The van der Waals surface area contributed by atoms with E-state index in [-0.39, 0.29) is 5.91 Å². The van der Waals surface area contributed by atoms with Crippen LogP contribution in [-0.4, -0.2) is 29.1 Å². The van der Waals surface area contributed by atoms with E-state index >= 15 is 0 Å². The Morgan fingerprint density at radius 3 is 2.87 bits per heavy atom. The van der Waals surface area contributed by atoms with Crippen molar-refractivity contribution < 1.29 is 9.32 Å². The summed E-state index contributed by atoms with van der Waals surface area (Å²) in [4.78, 5) is 13.2. The lowest BCUT2D eigenvalue weighted by atomic mass is 9.94. The summed E-state index contributed by atoms with van der Waals surface area (Å²) < 4.78 is 4.82. The maximum absolute atomic E-state index is 11.3. The van der Waals surface area contributed by atoms with E-state index in [1.165, 1.54) is 6.08 Å². The summed E-state index contributed by atoms with van der Waals surface area (Å²) in [7, 11) is 0. The third-order valence-electron chi connectivity index (χ3n) is 2.86.